The van der Waals surface area contributed by atoms with Crippen molar-refractivity contribution in [2.24, 2.45) is 0 Å². The Balaban J connectivity index is 2.38. The molecule has 1 aromatic carbocycles. The lowest BCUT2D eigenvalue weighted by Gasteiger charge is -2.28. The van der Waals surface area contributed by atoms with E-state index in [1.54, 1.807) is 12.1 Å². The monoisotopic (exact) mass is 285 g/mol. The molecule has 2 atom stereocenters. The molecule has 0 saturated heterocycles. The van der Waals surface area contributed by atoms with Crippen LogP contribution >= 0.6 is 0 Å². The van der Waals surface area contributed by atoms with Gasteiger partial charge < -0.3 is 4.90 Å². The van der Waals surface area contributed by atoms with Gasteiger partial charge in [-0.05, 0) is 11.1 Å². The summed E-state index contributed by atoms with van der Waals surface area (Å²) in [5.41, 5.74) is 0.697. The van der Waals surface area contributed by atoms with Crippen molar-refractivity contribution < 1.29 is 22.4 Å². The number of hydrogen-bond acceptors (Lipinski definition) is 1. The van der Waals surface area contributed by atoms with Crippen molar-refractivity contribution in [3.8, 4) is 12.3 Å². The van der Waals surface area contributed by atoms with Crippen LogP contribution in [0.5, 0.6) is 0 Å². The number of fused-ring (bicyclic) bond motifs is 1. The summed E-state index contributed by atoms with van der Waals surface area (Å²) in [5, 5.41) is 0. The molecule has 0 saturated carbocycles. The van der Waals surface area contributed by atoms with E-state index in [2.05, 4.69) is 0 Å². The highest BCUT2D eigenvalue weighted by atomic mass is 19.4. The van der Waals surface area contributed by atoms with Crippen LogP contribution in [0.3, 0.4) is 0 Å². The van der Waals surface area contributed by atoms with Crippen molar-refractivity contribution in [2.75, 3.05) is 6.54 Å². The average Bonchev–Trinajstić information content (AvgIpc) is 2.72. The molecule has 0 aliphatic heterocycles. The van der Waals surface area contributed by atoms with Crippen molar-refractivity contribution in [2.45, 2.75) is 24.8 Å². The van der Waals surface area contributed by atoms with Crippen LogP contribution in [0.1, 0.15) is 29.8 Å². The summed E-state index contributed by atoms with van der Waals surface area (Å²) in [6.45, 7) is -0.510. The lowest BCUT2D eigenvalue weighted by Crippen LogP contribution is -2.43. The number of carbonyl (C=O) groups excluding carboxylic acids is 1. The van der Waals surface area contributed by atoms with E-state index in [0.29, 0.717) is 16.0 Å². The summed E-state index contributed by atoms with van der Waals surface area (Å²) in [5.74, 6) is -0.0117. The number of nitrogens with zero attached hydrogens (tertiary/aromatic N) is 1. The Hall–Kier alpha value is -2.03. The lowest BCUT2D eigenvalue weighted by atomic mass is 10.1. The van der Waals surface area contributed by atoms with Gasteiger partial charge in [0.1, 0.15) is 6.17 Å². The maximum atomic E-state index is 13.9. The molecule has 0 aromatic heterocycles. The van der Waals surface area contributed by atoms with Crippen LogP contribution in [0.15, 0.2) is 24.3 Å². The summed E-state index contributed by atoms with van der Waals surface area (Å²) in [6, 6.07) is 5.24. The van der Waals surface area contributed by atoms with Gasteiger partial charge in [-0.15, -0.1) is 6.42 Å². The van der Waals surface area contributed by atoms with Gasteiger partial charge in [-0.1, -0.05) is 30.2 Å². The molecule has 1 aliphatic rings. The Morgan fingerprint density at radius 1 is 1.35 bits per heavy atom. The molecule has 6 heteroatoms. The number of terminal acetylenes is 1. The molecule has 20 heavy (non-hydrogen) atoms. The van der Waals surface area contributed by atoms with Crippen molar-refractivity contribution in [1.29, 1.82) is 0 Å². The van der Waals surface area contributed by atoms with Gasteiger partial charge in [-0.25, -0.2) is 4.39 Å². The molecule has 0 heterocycles. The zero-order valence-electron chi connectivity index (χ0n) is 10.3. The molecule has 1 aliphatic carbocycles. The van der Waals surface area contributed by atoms with E-state index in [1.807, 2.05) is 5.92 Å². The van der Waals surface area contributed by atoms with E-state index in [1.165, 1.54) is 12.1 Å². The van der Waals surface area contributed by atoms with E-state index in [-0.39, 0.29) is 6.42 Å². The molecule has 0 radical (unpaired) electrons. The van der Waals surface area contributed by atoms with Crippen molar-refractivity contribution in [1.82, 2.24) is 4.90 Å². The van der Waals surface area contributed by atoms with Gasteiger partial charge in [-0.3, -0.25) is 4.79 Å². The second kappa shape index (κ2) is 5.16. The van der Waals surface area contributed by atoms with Gasteiger partial charge in [0.15, 0.2) is 0 Å². The third-order valence-corrected chi connectivity index (χ3v) is 3.26. The molecule has 0 N–H and O–H groups in total. The second-order valence-electron chi connectivity index (χ2n) is 4.48. The van der Waals surface area contributed by atoms with Crippen molar-refractivity contribution in [3.63, 3.8) is 0 Å². The molecule has 0 spiro atoms. The normalized spacial score (nSPS) is 21.1. The fraction of sp³-hybridized carbons (Fsp3) is 0.357. The molecule has 2 rings (SSSR count). The summed E-state index contributed by atoms with van der Waals surface area (Å²) in [6.07, 6.45) is -1.60. The maximum Gasteiger partial charge on any atom is 0.471 e. The molecular formula is C14H11F4NO. The minimum absolute atomic E-state index is 0.206. The average molecular weight is 285 g/mol. The predicted molar refractivity (Wildman–Crippen MR) is 64.3 cm³/mol. The third-order valence-electron chi connectivity index (χ3n) is 3.26. The first-order chi connectivity index (χ1) is 9.36. The van der Waals surface area contributed by atoms with Gasteiger partial charge >= 0.3 is 12.1 Å². The van der Waals surface area contributed by atoms with Crippen LogP contribution in [-0.2, 0) is 4.79 Å². The number of carbonyl (C=O) groups is 1. The van der Waals surface area contributed by atoms with Crippen LogP contribution in [0, 0.1) is 12.3 Å². The van der Waals surface area contributed by atoms with Crippen LogP contribution < -0.4 is 0 Å². The quantitative estimate of drug-likeness (QED) is 0.604. The summed E-state index contributed by atoms with van der Waals surface area (Å²) in [7, 11) is 0. The largest absolute Gasteiger partial charge is 0.471 e. The van der Waals surface area contributed by atoms with E-state index < -0.39 is 30.8 Å². The van der Waals surface area contributed by atoms with E-state index in [9.17, 15) is 22.4 Å². The van der Waals surface area contributed by atoms with Gasteiger partial charge in [-0.2, -0.15) is 13.2 Å². The Kier molecular flexibility index (Phi) is 3.71. The Labute approximate surface area is 113 Å². The fourth-order valence-corrected chi connectivity index (χ4v) is 2.43. The smallest absolute Gasteiger partial charge is 0.317 e. The Bertz CT molecular complexity index is 561. The maximum absolute atomic E-state index is 13.9. The fourth-order valence-electron chi connectivity index (χ4n) is 2.43. The molecule has 2 nitrogen and oxygen atoms in total. The van der Waals surface area contributed by atoms with E-state index >= 15 is 0 Å². The zero-order chi connectivity index (χ0) is 14.9. The van der Waals surface area contributed by atoms with Crippen LogP contribution in [0.2, 0.25) is 0 Å². The highest BCUT2D eigenvalue weighted by molar-refractivity contribution is 5.82. The molecular weight excluding hydrogens is 274 g/mol. The summed E-state index contributed by atoms with van der Waals surface area (Å²) >= 11 is 0. The predicted octanol–water partition coefficient (Wildman–Crippen LogP) is 3.17. The third kappa shape index (κ3) is 2.48. The number of rotatable bonds is 2. The van der Waals surface area contributed by atoms with Gasteiger partial charge in [0, 0.05) is 6.42 Å². The second-order valence-corrected chi connectivity index (χ2v) is 4.48. The minimum atomic E-state index is -5.03. The number of halogens is 4. The Morgan fingerprint density at radius 3 is 2.50 bits per heavy atom. The molecule has 0 bridgehead atoms. The molecule has 1 aromatic rings. The van der Waals surface area contributed by atoms with Crippen LogP contribution in [0.25, 0.3) is 0 Å². The van der Waals surface area contributed by atoms with Gasteiger partial charge in [0.05, 0.1) is 12.6 Å². The van der Waals surface area contributed by atoms with Crippen molar-refractivity contribution >= 4 is 5.91 Å². The number of alkyl halides is 4. The van der Waals surface area contributed by atoms with E-state index in [4.69, 9.17) is 6.42 Å². The number of hydrogen-bond donors (Lipinski definition) is 0. The van der Waals surface area contributed by atoms with Crippen LogP contribution in [-0.4, -0.2) is 23.5 Å². The first kappa shape index (κ1) is 14.4. The minimum Gasteiger partial charge on any atom is -0.317 e. The van der Waals surface area contributed by atoms with Crippen LogP contribution in [0.4, 0.5) is 17.6 Å². The van der Waals surface area contributed by atoms with Gasteiger partial charge in [0.2, 0.25) is 0 Å². The van der Waals surface area contributed by atoms with E-state index in [0.717, 1.165) is 0 Å². The lowest BCUT2D eigenvalue weighted by molar-refractivity contribution is -0.187. The first-order valence-corrected chi connectivity index (χ1v) is 5.90. The number of amides is 1. The van der Waals surface area contributed by atoms with Crippen molar-refractivity contribution in [3.05, 3.63) is 35.4 Å². The topological polar surface area (TPSA) is 20.3 Å². The highest BCUT2D eigenvalue weighted by Gasteiger charge is 2.47. The Morgan fingerprint density at radius 2 is 1.95 bits per heavy atom. The summed E-state index contributed by atoms with van der Waals surface area (Å²) in [4.78, 5) is 12.0. The highest BCUT2D eigenvalue weighted by Crippen LogP contribution is 2.44. The molecule has 0 fully saturated rings. The molecule has 1 amide bonds. The zero-order valence-corrected chi connectivity index (χ0v) is 10.3. The summed E-state index contributed by atoms with van der Waals surface area (Å²) < 4.78 is 51.6. The number of benzene rings is 1. The van der Waals surface area contributed by atoms with Gasteiger partial charge in [0.25, 0.3) is 0 Å². The molecule has 1 unspecified atom stereocenters. The SMILES string of the molecule is C#CCN(C(=O)C(F)(F)F)C1C[C@H](F)c2ccccc21. The first-order valence-electron chi connectivity index (χ1n) is 5.90. The standard InChI is InChI=1S/C14H11F4NO/c1-2-7-19(13(20)14(16,17)18)12-8-11(15)9-5-3-4-6-10(9)12/h1,3-6,11-12H,7-8H2/t11-,12?/m0/s1. The molecule has 106 valence electrons.